The van der Waals surface area contributed by atoms with Crippen molar-refractivity contribution in [3.05, 3.63) is 35.9 Å². The fraction of sp³-hybridized carbons (Fsp3) is 0.562. The van der Waals surface area contributed by atoms with E-state index in [4.69, 9.17) is 0 Å². The zero-order valence-corrected chi connectivity index (χ0v) is 13.0. The van der Waals surface area contributed by atoms with Gasteiger partial charge in [0, 0.05) is 19.0 Å². The van der Waals surface area contributed by atoms with Gasteiger partial charge in [-0.05, 0) is 37.9 Å². The normalized spacial score (nSPS) is 15.4. The Morgan fingerprint density at radius 1 is 1.25 bits per heavy atom. The second-order valence-electron chi connectivity index (χ2n) is 5.27. The zero-order valence-electron chi connectivity index (χ0n) is 12.2. The summed E-state index contributed by atoms with van der Waals surface area (Å²) in [5, 5.41) is 3.32. The highest BCUT2D eigenvalue weighted by molar-refractivity contribution is 5.85. The van der Waals surface area contributed by atoms with Crippen molar-refractivity contribution < 1.29 is 4.79 Å². The van der Waals surface area contributed by atoms with E-state index in [9.17, 15) is 4.79 Å². The highest BCUT2D eigenvalue weighted by atomic mass is 35.5. The molecule has 1 amide bonds. The highest BCUT2D eigenvalue weighted by Gasteiger charge is 2.25. The smallest absolute Gasteiger partial charge is 0.226 e. The first-order valence-corrected chi connectivity index (χ1v) is 7.34. The van der Waals surface area contributed by atoms with Crippen LogP contribution in [0, 0.1) is 5.92 Å². The number of benzene rings is 1. The molecule has 0 bridgehead atoms. The van der Waals surface area contributed by atoms with Crippen molar-refractivity contribution in [2.75, 3.05) is 19.6 Å². The number of hydrogen-bond donors (Lipinski definition) is 1. The molecule has 1 saturated heterocycles. The summed E-state index contributed by atoms with van der Waals surface area (Å²) in [7, 11) is 0. The van der Waals surface area contributed by atoms with Crippen LogP contribution in [0.1, 0.15) is 31.7 Å². The van der Waals surface area contributed by atoms with Gasteiger partial charge in [0.25, 0.3) is 0 Å². The van der Waals surface area contributed by atoms with Crippen LogP contribution in [-0.4, -0.2) is 30.4 Å². The van der Waals surface area contributed by atoms with Crippen LogP contribution in [-0.2, 0) is 11.3 Å². The molecule has 112 valence electrons. The van der Waals surface area contributed by atoms with Crippen LogP contribution in [0.3, 0.4) is 0 Å². The SMILES string of the molecule is CCCN(Cc1ccccc1)C(=O)C1CCNCC1.Cl. The van der Waals surface area contributed by atoms with E-state index in [1.807, 2.05) is 23.1 Å². The molecule has 1 aliphatic heterocycles. The quantitative estimate of drug-likeness (QED) is 0.906. The van der Waals surface area contributed by atoms with Gasteiger partial charge in [-0.3, -0.25) is 4.79 Å². The standard InChI is InChI=1S/C16H24N2O.ClH/c1-2-12-18(13-14-6-4-3-5-7-14)16(19)15-8-10-17-11-9-15;/h3-7,15,17H,2,8-13H2,1H3;1H. The summed E-state index contributed by atoms with van der Waals surface area (Å²) in [4.78, 5) is 14.6. The topological polar surface area (TPSA) is 32.3 Å². The molecule has 1 aromatic carbocycles. The average molecular weight is 297 g/mol. The van der Waals surface area contributed by atoms with Crippen molar-refractivity contribution in [1.29, 1.82) is 0 Å². The molecule has 0 unspecified atom stereocenters. The van der Waals surface area contributed by atoms with Gasteiger partial charge in [-0.15, -0.1) is 12.4 Å². The van der Waals surface area contributed by atoms with Crippen molar-refractivity contribution in [3.63, 3.8) is 0 Å². The zero-order chi connectivity index (χ0) is 13.5. The molecular weight excluding hydrogens is 272 g/mol. The third-order valence-corrected chi connectivity index (χ3v) is 3.71. The first-order chi connectivity index (χ1) is 9.31. The number of carbonyl (C=O) groups excluding carboxylic acids is 1. The third kappa shape index (κ3) is 4.80. The monoisotopic (exact) mass is 296 g/mol. The molecule has 0 aromatic heterocycles. The molecular formula is C16H25ClN2O. The van der Waals surface area contributed by atoms with Crippen LogP contribution in [0.2, 0.25) is 0 Å². The van der Waals surface area contributed by atoms with E-state index in [2.05, 4.69) is 24.4 Å². The maximum absolute atomic E-state index is 12.6. The molecule has 0 saturated carbocycles. The van der Waals surface area contributed by atoms with Crippen LogP contribution >= 0.6 is 12.4 Å². The first-order valence-electron chi connectivity index (χ1n) is 7.34. The Hall–Kier alpha value is -1.06. The maximum Gasteiger partial charge on any atom is 0.226 e. The number of carbonyl (C=O) groups is 1. The molecule has 2 rings (SSSR count). The van der Waals surface area contributed by atoms with E-state index in [1.54, 1.807) is 0 Å². The largest absolute Gasteiger partial charge is 0.338 e. The van der Waals surface area contributed by atoms with Gasteiger partial charge in [0.2, 0.25) is 5.91 Å². The van der Waals surface area contributed by atoms with Gasteiger partial charge in [0.1, 0.15) is 0 Å². The fourth-order valence-corrected chi connectivity index (χ4v) is 2.67. The average Bonchev–Trinajstić information content (AvgIpc) is 2.48. The third-order valence-electron chi connectivity index (χ3n) is 3.71. The van der Waals surface area contributed by atoms with Gasteiger partial charge in [-0.1, -0.05) is 37.3 Å². The molecule has 0 spiro atoms. The number of hydrogen-bond acceptors (Lipinski definition) is 2. The molecule has 3 nitrogen and oxygen atoms in total. The van der Waals surface area contributed by atoms with Crippen molar-refractivity contribution in [3.8, 4) is 0 Å². The van der Waals surface area contributed by atoms with Crippen LogP contribution in [0.15, 0.2) is 30.3 Å². The Labute approximate surface area is 128 Å². The van der Waals surface area contributed by atoms with Crippen molar-refractivity contribution >= 4 is 18.3 Å². The summed E-state index contributed by atoms with van der Waals surface area (Å²) in [5.74, 6) is 0.559. The summed E-state index contributed by atoms with van der Waals surface area (Å²) >= 11 is 0. The maximum atomic E-state index is 12.6. The van der Waals surface area contributed by atoms with E-state index in [1.165, 1.54) is 5.56 Å². The lowest BCUT2D eigenvalue weighted by Gasteiger charge is -2.29. The van der Waals surface area contributed by atoms with Gasteiger partial charge < -0.3 is 10.2 Å². The van der Waals surface area contributed by atoms with Crippen LogP contribution in [0.5, 0.6) is 0 Å². The minimum atomic E-state index is 0. The summed E-state index contributed by atoms with van der Waals surface area (Å²) in [6.07, 6.45) is 2.98. The number of amides is 1. The second-order valence-corrected chi connectivity index (χ2v) is 5.27. The molecule has 1 aromatic rings. The molecule has 0 aliphatic carbocycles. The Bertz CT molecular complexity index is 391. The Balaban J connectivity index is 0.00000200. The first kappa shape index (κ1) is 17.0. The number of nitrogens with zero attached hydrogens (tertiary/aromatic N) is 1. The van der Waals surface area contributed by atoms with Crippen LogP contribution < -0.4 is 5.32 Å². The Kier molecular flexibility index (Phi) is 7.63. The molecule has 1 N–H and O–H groups in total. The van der Waals surface area contributed by atoms with Gasteiger partial charge in [0.05, 0.1) is 0 Å². The van der Waals surface area contributed by atoms with Crippen molar-refractivity contribution in [2.45, 2.75) is 32.7 Å². The second kappa shape index (κ2) is 8.98. The van der Waals surface area contributed by atoms with Gasteiger partial charge >= 0.3 is 0 Å². The van der Waals surface area contributed by atoms with E-state index in [0.717, 1.165) is 45.4 Å². The number of piperidine rings is 1. The van der Waals surface area contributed by atoms with Crippen molar-refractivity contribution in [2.24, 2.45) is 5.92 Å². The molecule has 1 fully saturated rings. The molecule has 4 heteroatoms. The minimum absolute atomic E-state index is 0. The Morgan fingerprint density at radius 2 is 1.90 bits per heavy atom. The number of nitrogens with one attached hydrogen (secondary N) is 1. The summed E-state index contributed by atoms with van der Waals surface area (Å²) < 4.78 is 0. The fourth-order valence-electron chi connectivity index (χ4n) is 2.67. The van der Waals surface area contributed by atoms with Crippen molar-refractivity contribution in [1.82, 2.24) is 10.2 Å². The number of halogens is 1. The predicted molar refractivity (Wildman–Crippen MR) is 85.0 cm³/mol. The predicted octanol–water partition coefficient (Wildman–Crippen LogP) is 2.85. The number of rotatable bonds is 5. The minimum Gasteiger partial charge on any atom is -0.338 e. The lowest BCUT2D eigenvalue weighted by molar-refractivity contribution is -0.137. The van der Waals surface area contributed by atoms with Gasteiger partial charge in [-0.25, -0.2) is 0 Å². The van der Waals surface area contributed by atoms with E-state index < -0.39 is 0 Å². The van der Waals surface area contributed by atoms with Gasteiger partial charge in [0.15, 0.2) is 0 Å². The molecule has 0 radical (unpaired) electrons. The molecule has 20 heavy (non-hydrogen) atoms. The molecule has 1 heterocycles. The lowest BCUT2D eigenvalue weighted by Crippen LogP contribution is -2.41. The van der Waals surface area contributed by atoms with E-state index in [0.29, 0.717) is 5.91 Å². The summed E-state index contributed by atoms with van der Waals surface area (Å²) in [6, 6.07) is 10.3. The summed E-state index contributed by atoms with van der Waals surface area (Å²) in [5.41, 5.74) is 1.22. The van der Waals surface area contributed by atoms with E-state index >= 15 is 0 Å². The van der Waals surface area contributed by atoms with Gasteiger partial charge in [-0.2, -0.15) is 0 Å². The van der Waals surface area contributed by atoms with Crippen LogP contribution in [0.4, 0.5) is 0 Å². The van der Waals surface area contributed by atoms with E-state index in [-0.39, 0.29) is 18.3 Å². The highest BCUT2D eigenvalue weighted by Crippen LogP contribution is 2.17. The summed E-state index contributed by atoms with van der Waals surface area (Å²) in [6.45, 7) is 5.69. The lowest BCUT2D eigenvalue weighted by atomic mass is 9.96. The molecule has 1 aliphatic rings. The molecule has 0 atom stereocenters. The Morgan fingerprint density at radius 3 is 2.50 bits per heavy atom. The van der Waals surface area contributed by atoms with Crippen LogP contribution in [0.25, 0.3) is 0 Å².